The van der Waals surface area contributed by atoms with Crippen molar-refractivity contribution in [3.05, 3.63) is 54.2 Å². The van der Waals surface area contributed by atoms with Gasteiger partial charge in [0.1, 0.15) is 29.7 Å². The molecule has 2 fully saturated rings. The number of urea groups is 1. The molecule has 3 aromatic rings. The summed E-state index contributed by atoms with van der Waals surface area (Å²) >= 11 is 0. The predicted molar refractivity (Wildman–Crippen MR) is 171 cm³/mol. The third-order valence-corrected chi connectivity index (χ3v) is 9.97. The van der Waals surface area contributed by atoms with E-state index in [9.17, 15) is 9.59 Å². The molecule has 3 aliphatic heterocycles. The molecule has 1 aromatic carbocycles. The molecule has 1 N–H and O–H groups in total. The number of hydrogen-bond acceptors (Lipinski definition) is 7. The van der Waals surface area contributed by atoms with Crippen LogP contribution in [0.5, 0.6) is 5.75 Å². The van der Waals surface area contributed by atoms with Crippen LogP contribution in [0.2, 0.25) is 25.7 Å². The number of carbonyl (C=O) groups is 2. The van der Waals surface area contributed by atoms with E-state index in [0.717, 1.165) is 17.2 Å². The first kappa shape index (κ1) is 30.0. The van der Waals surface area contributed by atoms with Gasteiger partial charge in [-0.25, -0.2) is 14.2 Å². The molecule has 44 heavy (non-hydrogen) atoms. The van der Waals surface area contributed by atoms with E-state index in [-0.39, 0.29) is 24.4 Å². The van der Waals surface area contributed by atoms with Crippen molar-refractivity contribution in [3.8, 4) is 16.9 Å². The average Bonchev–Trinajstić information content (AvgIpc) is 3.56. The standard InChI is InChI=1S/C32H39FN6O4Si/c1-32(2)25-15-29(35-19-24(25)23-14-26(33)27(16-28(23)43-32)39-8-6-7-30(39)40)36-21-13-22(18-34-17-21)38-10-9-37(31(38)41)20-42-11-12-44(3,4)5/h13-19H,6-12,20H2,1-5H3,(H,35,36). The second kappa shape index (κ2) is 11.5. The summed E-state index contributed by atoms with van der Waals surface area (Å²) in [7, 11) is -1.19. The molecule has 0 atom stereocenters. The summed E-state index contributed by atoms with van der Waals surface area (Å²) in [4.78, 5) is 39.3. The van der Waals surface area contributed by atoms with Crippen LogP contribution in [0, 0.1) is 5.82 Å². The van der Waals surface area contributed by atoms with Gasteiger partial charge in [0.25, 0.3) is 0 Å². The minimum Gasteiger partial charge on any atom is -0.482 e. The molecule has 0 spiro atoms. The number of anilines is 4. The highest BCUT2D eigenvalue weighted by molar-refractivity contribution is 6.76. The van der Waals surface area contributed by atoms with Crippen LogP contribution in [-0.4, -0.2) is 67.9 Å². The van der Waals surface area contributed by atoms with E-state index in [2.05, 4.69) is 34.9 Å². The van der Waals surface area contributed by atoms with Crippen LogP contribution in [0.1, 0.15) is 32.3 Å². The van der Waals surface area contributed by atoms with Gasteiger partial charge in [0, 0.05) is 69.7 Å². The molecule has 0 unspecified atom stereocenters. The molecular weight excluding hydrogens is 579 g/mol. The van der Waals surface area contributed by atoms with Gasteiger partial charge in [-0.2, -0.15) is 0 Å². The Bertz CT molecular complexity index is 1610. The third-order valence-electron chi connectivity index (χ3n) is 8.27. The topological polar surface area (TPSA) is 100 Å². The van der Waals surface area contributed by atoms with E-state index in [4.69, 9.17) is 9.47 Å². The van der Waals surface area contributed by atoms with Gasteiger partial charge in [0.05, 0.1) is 29.5 Å². The number of fused-ring (bicyclic) bond motifs is 3. The molecular formula is C32H39FN6O4Si. The minimum absolute atomic E-state index is 0.0800. The Labute approximate surface area is 258 Å². The monoisotopic (exact) mass is 618 g/mol. The summed E-state index contributed by atoms with van der Waals surface area (Å²) in [6, 6.07) is 7.77. The molecule has 3 aliphatic rings. The number of rotatable bonds is 9. The molecule has 6 rings (SSSR count). The SMILES string of the molecule is CC1(C)Oc2cc(N3CCCC3=O)c(F)cc2-c2cnc(Nc3cncc(N4CCN(COCC[Si](C)(C)C)C4=O)c3)cc21. The second-order valence-corrected chi connectivity index (χ2v) is 18.9. The smallest absolute Gasteiger partial charge is 0.326 e. The molecule has 0 bridgehead atoms. The molecule has 2 aromatic heterocycles. The second-order valence-electron chi connectivity index (χ2n) is 13.3. The van der Waals surface area contributed by atoms with E-state index in [0.29, 0.717) is 67.6 Å². The fraction of sp³-hybridized carbons (Fsp3) is 0.438. The average molecular weight is 619 g/mol. The molecule has 12 heteroatoms. The predicted octanol–water partition coefficient (Wildman–Crippen LogP) is 6.33. The van der Waals surface area contributed by atoms with E-state index in [1.54, 1.807) is 34.5 Å². The maximum Gasteiger partial charge on any atom is 0.326 e. The lowest BCUT2D eigenvalue weighted by Gasteiger charge is -2.35. The summed E-state index contributed by atoms with van der Waals surface area (Å²) in [5, 5.41) is 3.30. The van der Waals surface area contributed by atoms with Crippen molar-refractivity contribution < 1.29 is 23.5 Å². The lowest BCUT2D eigenvalue weighted by Crippen LogP contribution is -2.34. The number of hydrogen-bond donors (Lipinski definition) is 1. The lowest BCUT2D eigenvalue weighted by molar-refractivity contribution is -0.117. The number of amides is 3. The molecule has 10 nitrogen and oxygen atoms in total. The van der Waals surface area contributed by atoms with Gasteiger partial charge in [-0.3, -0.25) is 19.6 Å². The van der Waals surface area contributed by atoms with Crippen molar-refractivity contribution in [3.63, 3.8) is 0 Å². The summed E-state index contributed by atoms with van der Waals surface area (Å²) in [5.41, 5.74) is 3.07. The number of nitrogens with zero attached hydrogens (tertiary/aromatic N) is 5. The molecule has 3 amide bonds. The first-order valence-corrected chi connectivity index (χ1v) is 18.8. The number of aromatic nitrogens is 2. The fourth-order valence-electron chi connectivity index (χ4n) is 5.80. The summed E-state index contributed by atoms with van der Waals surface area (Å²) in [6.07, 6.45) is 6.19. The number of halogens is 1. The van der Waals surface area contributed by atoms with Crippen LogP contribution in [0.15, 0.2) is 42.9 Å². The number of benzene rings is 1. The van der Waals surface area contributed by atoms with Gasteiger partial charge in [-0.15, -0.1) is 0 Å². The number of carbonyl (C=O) groups excluding carboxylic acids is 2. The highest BCUT2D eigenvalue weighted by Gasteiger charge is 2.36. The highest BCUT2D eigenvalue weighted by atomic mass is 28.3. The van der Waals surface area contributed by atoms with E-state index in [1.165, 1.54) is 11.0 Å². The molecule has 0 aliphatic carbocycles. The van der Waals surface area contributed by atoms with Crippen LogP contribution in [0.3, 0.4) is 0 Å². The van der Waals surface area contributed by atoms with Crippen molar-refractivity contribution >= 4 is 42.9 Å². The fourth-order valence-corrected chi connectivity index (χ4v) is 6.56. The highest BCUT2D eigenvalue weighted by Crippen LogP contribution is 2.48. The molecule has 0 saturated carbocycles. The Morgan fingerprint density at radius 3 is 2.59 bits per heavy atom. The lowest BCUT2D eigenvalue weighted by atomic mass is 9.87. The zero-order valence-electron chi connectivity index (χ0n) is 25.9. The van der Waals surface area contributed by atoms with E-state index < -0.39 is 19.5 Å². The first-order valence-electron chi connectivity index (χ1n) is 15.1. The Morgan fingerprint density at radius 2 is 1.84 bits per heavy atom. The van der Waals surface area contributed by atoms with Gasteiger partial charge in [-0.05, 0) is 44.5 Å². The van der Waals surface area contributed by atoms with Crippen LogP contribution in [0.4, 0.5) is 32.1 Å². The van der Waals surface area contributed by atoms with Gasteiger partial charge in [-0.1, -0.05) is 19.6 Å². The summed E-state index contributed by atoms with van der Waals surface area (Å²) in [6.45, 7) is 13.4. The van der Waals surface area contributed by atoms with E-state index in [1.807, 2.05) is 26.0 Å². The molecule has 2 saturated heterocycles. The quantitative estimate of drug-likeness (QED) is 0.221. The first-order chi connectivity index (χ1) is 20.9. The number of pyridine rings is 2. The van der Waals surface area contributed by atoms with Crippen LogP contribution in [-0.2, 0) is 15.1 Å². The molecule has 5 heterocycles. The molecule has 232 valence electrons. The Hall–Kier alpha value is -4.03. The zero-order valence-corrected chi connectivity index (χ0v) is 26.9. The van der Waals surface area contributed by atoms with Crippen LogP contribution < -0.4 is 19.9 Å². The number of ether oxygens (including phenoxy) is 2. The van der Waals surface area contributed by atoms with Crippen molar-refractivity contribution in [1.29, 1.82) is 0 Å². The van der Waals surface area contributed by atoms with Gasteiger partial charge < -0.3 is 19.7 Å². The Morgan fingerprint density at radius 1 is 1.02 bits per heavy atom. The van der Waals surface area contributed by atoms with Crippen molar-refractivity contribution in [2.24, 2.45) is 0 Å². The zero-order chi connectivity index (χ0) is 31.2. The maximum atomic E-state index is 15.3. The van der Waals surface area contributed by atoms with Crippen molar-refractivity contribution in [2.45, 2.75) is 58.0 Å². The van der Waals surface area contributed by atoms with Gasteiger partial charge in [0.2, 0.25) is 5.91 Å². The Balaban J connectivity index is 1.18. The third kappa shape index (κ3) is 6.00. The van der Waals surface area contributed by atoms with E-state index >= 15 is 4.39 Å². The van der Waals surface area contributed by atoms with Crippen molar-refractivity contribution in [1.82, 2.24) is 14.9 Å². The molecule has 0 radical (unpaired) electrons. The summed E-state index contributed by atoms with van der Waals surface area (Å²) in [5.74, 6) is 0.534. The van der Waals surface area contributed by atoms with Crippen LogP contribution in [0.25, 0.3) is 11.1 Å². The van der Waals surface area contributed by atoms with Gasteiger partial charge >= 0.3 is 6.03 Å². The van der Waals surface area contributed by atoms with Crippen molar-refractivity contribution in [2.75, 3.05) is 48.1 Å². The normalized spacial score (nSPS) is 17.5. The van der Waals surface area contributed by atoms with Crippen LogP contribution >= 0.6 is 0 Å². The Kier molecular flexibility index (Phi) is 7.83. The maximum absolute atomic E-state index is 15.3. The number of nitrogens with one attached hydrogen (secondary N) is 1. The summed E-state index contributed by atoms with van der Waals surface area (Å²) < 4.78 is 27.4. The van der Waals surface area contributed by atoms with Gasteiger partial charge in [0.15, 0.2) is 0 Å². The largest absolute Gasteiger partial charge is 0.482 e. The minimum atomic E-state index is -1.19.